The van der Waals surface area contributed by atoms with Crippen molar-refractivity contribution in [2.24, 2.45) is 11.8 Å². The van der Waals surface area contributed by atoms with E-state index in [1.54, 1.807) is 0 Å². The van der Waals surface area contributed by atoms with E-state index in [1.807, 2.05) is 0 Å². The van der Waals surface area contributed by atoms with Crippen LogP contribution < -0.4 is 0 Å². The second kappa shape index (κ2) is 5.54. The molecule has 0 saturated carbocycles. The normalized spacial score (nSPS) is 25.1. The van der Waals surface area contributed by atoms with Crippen LogP contribution >= 0.6 is 0 Å². The minimum atomic E-state index is -5.93. The van der Waals surface area contributed by atoms with Crippen molar-refractivity contribution in [1.82, 2.24) is 0 Å². The molecule has 0 N–H and O–H groups in total. The fraction of sp³-hybridized carbons (Fsp3) is 0.600. The highest BCUT2D eigenvalue weighted by Gasteiger charge is 2.52. The van der Waals surface area contributed by atoms with E-state index < -0.39 is 54.6 Å². The molecule has 3 aliphatic rings. The second-order valence-electron chi connectivity index (χ2n) is 4.89. The molecule has 0 fully saturated rings. The molecule has 0 saturated heterocycles. The van der Waals surface area contributed by atoms with Gasteiger partial charge in [0.25, 0.3) is 0 Å². The summed E-state index contributed by atoms with van der Waals surface area (Å²) in [4.78, 5) is 0. The van der Waals surface area contributed by atoms with Crippen molar-refractivity contribution >= 4 is 20.2 Å². The molecule has 6 nitrogen and oxygen atoms in total. The van der Waals surface area contributed by atoms with Gasteiger partial charge in [-0.15, -0.1) is 0 Å². The fourth-order valence-corrected chi connectivity index (χ4v) is 3.20. The summed E-state index contributed by atoms with van der Waals surface area (Å²) in [6.45, 7) is 0. The Hall–Kier alpha value is -1.44. The van der Waals surface area contributed by atoms with Gasteiger partial charge in [-0.25, -0.2) is 0 Å². The summed E-state index contributed by atoms with van der Waals surface area (Å²) in [6.07, 6.45) is 1.73. The van der Waals surface area contributed by atoms with Crippen molar-refractivity contribution in [3.05, 3.63) is 23.7 Å². The van der Waals surface area contributed by atoms with Crippen LogP contribution in [0.15, 0.2) is 23.7 Å². The fourth-order valence-electron chi connectivity index (χ4n) is 2.15. The zero-order valence-corrected chi connectivity index (χ0v) is 12.9. The van der Waals surface area contributed by atoms with Crippen LogP contribution in [-0.4, -0.2) is 27.9 Å². The maximum atomic E-state index is 12.3. The van der Waals surface area contributed by atoms with Crippen LogP contribution in [0, 0.1) is 11.8 Å². The minimum Gasteiger partial charge on any atom is -0.380 e. The predicted molar refractivity (Wildman–Crippen MR) is 64.5 cm³/mol. The summed E-state index contributed by atoms with van der Waals surface area (Å²) < 4.78 is 125. The molecule has 24 heavy (non-hydrogen) atoms. The Labute approximate surface area is 132 Å². The van der Waals surface area contributed by atoms with Gasteiger partial charge in [0.05, 0.1) is 0 Å². The maximum Gasteiger partial charge on any atom is 0.534 e. The molecule has 14 heteroatoms. The molecule has 0 aliphatic heterocycles. The Kier molecular flexibility index (Phi) is 4.36. The molecule has 0 spiro atoms. The van der Waals surface area contributed by atoms with Crippen LogP contribution in [0.4, 0.5) is 26.3 Å². The third-order valence-corrected chi connectivity index (χ3v) is 5.19. The van der Waals surface area contributed by atoms with Crippen LogP contribution in [0.5, 0.6) is 0 Å². The highest BCUT2D eigenvalue weighted by Crippen LogP contribution is 2.44. The topological polar surface area (TPSA) is 86.7 Å². The summed E-state index contributed by atoms with van der Waals surface area (Å²) in [5.74, 6) is -3.57. The van der Waals surface area contributed by atoms with Gasteiger partial charge in [-0.05, 0) is 25.0 Å². The number of hydrogen-bond acceptors (Lipinski definition) is 6. The van der Waals surface area contributed by atoms with E-state index in [2.05, 4.69) is 8.37 Å². The van der Waals surface area contributed by atoms with E-state index in [0.29, 0.717) is 0 Å². The van der Waals surface area contributed by atoms with Crippen molar-refractivity contribution in [3.8, 4) is 0 Å². The number of rotatable bonds is 4. The van der Waals surface area contributed by atoms with Gasteiger partial charge in [0.1, 0.15) is 11.5 Å². The highest BCUT2D eigenvalue weighted by atomic mass is 32.2. The SMILES string of the molecule is O=S(=O)(OC1=CC2CCC1C=C2OS(=O)(=O)C(F)(F)F)C(F)(F)F. The zero-order chi connectivity index (χ0) is 18.6. The van der Waals surface area contributed by atoms with E-state index in [-0.39, 0.29) is 12.8 Å². The average Bonchev–Trinajstić information content (AvgIpc) is 2.36. The second-order valence-corrected chi connectivity index (χ2v) is 7.97. The summed E-state index contributed by atoms with van der Waals surface area (Å²) in [5.41, 5.74) is -11.3. The predicted octanol–water partition coefficient (Wildman–Crippen LogP) is 2.53. The molecule has 0 amide bonds. The van der Waals surface area contributed by atoms with Crippen molar-refractivity contribution in [1.29, 1.82) is 0 Å². The lowest BCUT2D eigenvalue weighted by molar-refractivity contribution is -0.0539. The van der Waals surface area contributed by atoms with E-state index in [0.717, 1.165) is 12.2 Å². The zero-order valence-electron chi connectivity index (χ0n) is 11.3. The molecule has 3 rings (SSSR count). The first-order valence-corrected chi connectivity index (χ1v) is 8.90. The van der Waals surface area contributed by atoms with Crippen LogP contribution in [0.25, 0.3) is 0 Å². The van der Waals surface area contributed by atoms with Crippen LogP contribution in [-0.2, 0) is 28.6 Å². The molecule has 138 valence electrons. The standard InChI is InChI=1S/C10H8F6O6S2/c11-9(12,13)23(17,18)21-7-4-6-2-1-5(7)3-8(6)22-24(19,20)10(14,15)16/h3-6H,1-2H2. The number of halogens is 6. The Morgan fingerprint density at radius 1 is 0.750 bits per heavy atom. The molecule has 0 aromatic rings. The molecular weight excluding hydrogens is 394 g/mol. The number of fused-ring (bicyclic) bond motifs is 1. The molecule has 2 atom stereocenters. The lowest BCUT2D eigenvalue weighted by Crippen LogP contribution is -2.32. The van der Waals surface area contributed by atoms with Crippen LogP contribution in [0.3, 0.4) is 0 Å². The van der Waals surface area contributed by atoms with Crippen molar-refractivity contribution < 1.29 is 51.5 Å². The third kappa shape index (κ3) is 3.48. The maximum absolute atomic E-state index is 12.3. The van der Waals surface area contributed by atoms with Crippen LogP contribution in [0.1, 0.15) is 12.8 Å². The van der Waals surface area contributed by atoms with Gasteiger partial charge < -0.3 is 8.37 Å². The van der Waals surface area contributed by atoms with Gasteiger partial charge in [-0.3, -0.25) is 0 Å². The van der Waals surface area contributed by atoms with E-state index in [4.69, 9.17) is 0 Å². The van der Waals surface area contributed by atoms with Crippen LogP contribution in [0.2, 0.25) is 0 Å². The first-order chi connectivity index (χ1) is 10.6. The minimum absolute atomic E-state index is 0.0583. The van der Waals surface area contributed by atoms with Gasteiger partial charge in [-0.2, -0.15) is 43.2 Å². The van der Waals surface area contributed by atoms with Gasteiger partial charge >= 0.3 is 31.3 Å². The molecule has 3 aliphatic carbocycles. The van der Waals surface area contributed by atoms with E-state index in [1.165, 1.54) is 0 Å². The third-order valence-electron chi connectivity index (χ3n) is 3.23. The Balaban J connectivity index is 2.21. The number of allylic oxidation sites excluding steroid dienone is 2. The molecule has 0 aromatic carbocycles. The molecule has 0 radical (unpaired) electrons. The lowest BCUT2D eigenvalue weighted by Gasteiger charge is -2.33. The molecule has 0 aromatic heterocycles. The van der Waals surface area contributed by atoms with Gasteiger partial charge in [0, 0.05) is 11.8 Å². The smallest absolute Gasteiger partial charge is 0.380 e. The van der Waals surface area contributed by atoms with E-state index >= 15 is 0 Å². The first-order valence-electron chi connectivity index (χ1n) is 6.09. The lowest BCUT2D eigenvalue weighted by atomic mass is 9.79. The van der Waals surface area contributed by atoms with E-state index in [9.17, 15) is 43.2 Å². The molecule has 2 unspecified atom stereocenters. The van der Waals surface area contributed by atoms with Crippen molar-refractivity contribution in [2.75, 3.05) is 0 Å². The summed E-state index contributed by atoms with van der Waals surface area (Å²) in [6, 6.07) is 0. The monoisotopic (exact) mass is 402 g/mol. The Bertz CT molecular complexity index is 721. The average molecular weight is 402 g/mol. The quantitative estimate of drug-likeness (QED) is 0.408. The largest absolute Gasteiger partial charge is 0.534 e. The Morgan fingerprint density at radius 2 is 1.04 bits per heavy atom. The van der Waals surface area contributed by atoms with Crippen molar-refractivity contribution in [2.45, 2.75) is 23.9 Å². The highest BCUT2D eigenvalue weighted by molar-refractivity contribution is 7.88. The molecule has 2 bridgehead atoms. The summed E-state index contributed by atoms with van der Waals surface area (Å²) >= 11 is 0. The first kappa shape index (κ1) is 18.9. The number of alkyl halides is 6. The van der Waals surface area contributed by atoms with Gasteiger partial charge in [0.2, 0.25) is 0 Å². The molecule has 0 heterocycles. The van der Waals surface area contributed by atoms with Crippen molar-refractivity contribution in [3.63, 3.8) is 0 Å². The van der Waals surface area contributed by atoms with Gasteiger partial charge in [-0.1, -0.05) is 0 Å². The van der Waals surface area contributed by atoms with Gasteiger partial charge in [0.15, 0.2) is 0 Å². The molecular formula is C10H8F6O6S2. The number of hydrogen-bond donors (Lipinski definition) is 0. The summed E-state index contributed by atoms with van der Waals surface area (Å²) in [5, 5.41) is 0. The summed E-state index contributed by atoms with van der Waals surface area (Å²) in [7, 11) is -11.9. The Morgan fingerprint density at radius 3 is 1.25 bits per heavy atom.